The minimum Gasteiger partial charge on any atom is -0.478 e. The van der Waals surface area contributed by atoms with Gasteiger partial charge in [-0.25, -0.2) is 4.79 Å². The highest BCUT2D eigenvalue weighted by atomic mass is 16.5. The molecule has 0 atom stereocenters. The van der Waals surface area contributed by atoms with Crippen LogP contribution in [-0.2, 0) is 4.79 Å². The molecule has 0 unspecified atom stereocenters. The number of carboxylic acids is 1. The molecule has 0 saturated carbocycles. The molecule has 2 aromatic carbocycles. The summed E-state index contributed by atoms with van der Waals surface area (Å²) >= 11 is 0. The molecule has 0 saturated heterocycles. The first kappa shape index (κ1) is 12.9. The number of benzene rings is 2. The van der Waals surface area contributed by atoms with Crippen LogP contribution in [0.25, 0.3) is 6.08 Å². The molecule has 2 aromatic rings. The summed E-state index contributed by atoms with van der Waals surface area (Å²) in [6.45, 7) is 1.57. The third kappa shape index (κ3) is 3.71. The lowest BCUT2D eigenvalue weighted by molar-refractivity contribution is -0.132. The number of carbonyl (C=O) groups is 1. The predicted octanol–water partition coefficient (Wildman–Crippen LogP) is 3.97. The predicted molar refractivity (Wildman–Crippen MR) is 74.2 cm³/mol. The minimum absolute atomic E-state index is 0.303. The van der Waals surface area contributed by atoms with Crippen molar-refractivity contribution in [2.24, 2.45) is 0 Å². The van der Waals surface area contributed by atoms with E-state index in [1.807, 2.05) is 54.6 Å². The molecule has 0 aliphatic rings. The number of carboxylic acid groups (broad SMARTS) is 1. The Hall–Kier alpha value is -2.55. The molecular formula is C16H14O3. The largest absolute Gasteiger partial charge is 0.478 e. The number of aliphatic carboxylic acids is 1. The van der Waals surface area contributed by atoms with Crippen molar-refractivity contribution in [1.82, 2.24) is 0 Å². The molecule has 3 nitrogen and oxygen atoms in total. The van der Waals surface area contributed by atoms with E-state index >= 15 is 0 Å². The zero-order chi connectivity index (χ0) is 13.7. The van der Waals surface area contributed by atoms with Crippen LogP contribution in [-0.4, -0.2) is 11.1 Å². The molecule has 0 fully saturated rings. The fourth-order valence-corrected chi connectivity index (χ4v) is 1.57. The maximum absolute atomic E-state index is 10.7. The van der Waals surface area contributed by atoms with Crippen molar-refractivity contribution in [2.75, 3.05) is 0 Å². The van der Waals surface area contributed by atoms with Crippen LogP contribution in [0.15, 0.2) is 60.2 Å². The third-order valence-electron chi connectivity index (χ3n) is 2.58. The van der Waals surface area contributed by atoms with E-state index in [1.54, 1.807) is 13.0 Å². The van der Waals surface area contributed by atoms with Gasteiger partial charge in [0.1, 0.15) is 11.5 Å². The van der Waals surface area contributed by atoms with Gasteiger partial charge in [-0.3, -0.25) is 0 Å². The van der Waals surface area contributed by atoms with Crippen LogP contribution in [0.5, 0.6) is 11.5 Å². The summed E-state index contributed by atoms with van der Waals surface area (Å²) in [6.07, 6.45) is 1.62. The minimum atomic E-state index is -0.912. The molecule has 0 bridgehead atoms. The van der Waals surface area contributed by atoms with E-state index in [2.05, 4.69) is 0 Å². The summed E-state index contributed by atoms with van der Waals surface area (Å²) in [6, 6.07) is 16.8. The molecule has 0 spiro atoms. The van der Waals surface area contributed by atoms with Gasteiger partial charge in [0, 0.05) is 5.57 Å². The molecule has 1 N–H and O–H groups in total. The molecule has 0 heterocycles. The van der Waals surface area contributed by atoms with Gasteiger partial charge in [-0.05, 0) is 42.8 Å². The molecule has 3 heteroatoms. The van der Waals surface area contributed by atoms with Gasteiger partial charge in [-0.2, -0.15) is 0 Å². The van der Waals surface area contributed by atoms with Gasteiger partial charge in [0.25, 0.3) is 0 Å². The van der Waals surface area contributed by atoms with Gasteiger partial charge in [0.15, 0.2) is 0 Å². The summed E-state index contributed by atoms with van der Waals surface area (Å²) in [5, 5.41) is 8.80. The fraction of sp³-hybridized carbons (Fsp3) is 0.0625. The highest BCUT2D eigenvalue weighted by molar-refractivity contribution is 5.91. The third-order valence-corrected chi connectivity index (χ3v) is 2.58. The van der Waals surface area contributed by atoms with Crippen molar-refractivity contribution in [3.63, 3.8) is 0 Å². The topological polar surface area (TPSA) is 46.5 Å². The molecule has 2 rings (SSSR count). The van der Waals surface area contributed by atoms with Gasteiger partial charge >= 0.3 is 5.97 Å². The quantitative estimate of drug-likeness (QED) is 0.840. The second-order valence-corrected chi connectivity index (χ2v) is 4.12. The van der Waals surface area contributed by atoms with Crippen LogP contribution in [0.1, 0.15) is 12.5 Å². The number of ether oxygens (including phenoxy) is 1. The van der Waals surface area contributed by atoms with Crippen LogP contribution >= 0.6 is 0 Å². The van der Waals surface area contributed by atoms with E-state index in [9.17, 15) is 4.79 Å². The average molecular weight is 254 g/mol. The second kappa shape index (κ2) is 5.87. The molecule has 0 radical (unpaired) electrons. The smallest absolute Gasteiger partial charge is 0.331 e. The highest BCUT2D eigenvalue weighted by Gasteiger charge is 2.00. The SMILES string of the molecule is CC(=Cc1ccc(Oc2ccccc2)cc1)C(=O)O. The Bertz CT molecular complexity index is 583. The molecule has 19 heavy (non-hydrogen) atoms. The summed E-state index contributed by atoms with van der Waals surface area (Å²) in [7, 11) is 0. The summed E-state index contributed by atoms with van der Waals surface area (Å²) in [5.74, 6) is 0.577. The first-order valence-electron chi connectivity index (χ1n) is 5.90. The van der Waals surface area contributed by atoms with Gasteiger partial charge in [-0.1, -0.05) is 30.3 Å². The van der Waals surface area contributed by atoms with Gasteiger partial charge in [0.2, 0.25) is 0 Å². The van der Waals surface area contributed by atoms with Gasteiger partial charge in [0.05, 0.1) is 0 Å². The molecule has 0 amide bonds. The monoisotopic (exact) mass is 254 g/mol. The lowest BCUT2D eigenvalue weighted by atomic mass is 10.1. The van der Waals surface area contributed by atoms with Crippen LogP contribution < -0.4 is 4.74 Å². The molecule has 0 aliphatic heterocycles. The Labute approximate surface area is 111 Å². The molecule has 0 aromatic heterocycles. The lowest BCUT2D eigenvalue weighted by Gasteiger charge is -2.05. The number of rotatable bonds is 4. The Morgan fingerprint density at radius 2 is 1.58 bits per heavy atom. The standard InChI is InChI=1S/C16H14O3/c1-12(16(17)18)11-13-7-9-15(10-8-13)19-14-5-3-2-4-6-14/h2-11H,1H3,(H,17,18). The van der Waals surface area contributed by atoms with Gasteiger partial charge in [-0.15, -0.1) is 0 Å². The molecular weight excluding hydrogens is 240 g/mol. The van der Waals surface area contributed by atoms with E-state index < -0.39 is 5.97 Å². The van der Waals surface area contributed by atoms with Crippen molar-refractivity contribution in [2.45, 2.75) is 6.92 Å². The first-order valence-corrected chi connectivity index (χ1v) is 5.90. The molecule has 96 valence electrons. The zero-order valence-electron chi connectivity index (χ0n) is 10.5. The zero-order valence-corrected chi connectivity index (χ0v) is 10.5. The summed E-state index contributed by atoms with van der Waals surface area (Å²) in [5.41, 5.74) is 1.14. The second-order valence-electron chi connectivity index (χ2n) is 4.12. The molecule has 0 aliphatic carbocycles. The Balaban J connectivity index is 2.11. The normalized spacial score (nSPS) is 11.1. The number of para-hydroxylation sites is 1. The van der Waals surface area contributed by atoms with Crippen molar-refractivity contribution >= 4 is 12.0 Å². The van der Waals surface area contributed by atoms with Crippen LogP contribution in [0.2, 0.25) is 0 Å². The summed E-state index contributed by atoms with van der Waals surface area (Å²) in [4.78, 5) is 10.7. The van der Waals surface area contributed by atoms with E-state index in [-0.39, 0.29) is 0 Å². The maximum atomic E-state index is 10.7. The van der Waals surface area contributed by atoms with E-state index in [4.69, 9.17) is 9.84 Å². The Morgan fingerprint density at radius 1 is 1.00 bits per heavy atom. The van der Waals surface area contributed by atoms with Gasteiger partial charge < -0.3 is 9.84 Å². The number of hydrogen-bond acceptors (Lipinski definition) is 2. The maximum Gasteiger partial charge on any atom is 0.331 e. The van der Waals surface area contributed by atoms with Crippen LogP contribution in [0.3, 0.4) is 0 Å². The van der Waals surface area contributed by atoms with E-state index in [1.165, 1.54) is 0 Å². The highest BCUT2D eigenvalue weighted by Crippen LogP contribution is 2.21. The van der Waals surface area contributed by atoms with E-state index in [0.717, 1.165) is 17.1 Å². The Kier molecular flexibility index (Phi) is 3.98. The fourth-order valence-electron chi connectivity index (χ4n) is 1.57. The van der Waals surface area contributed by atoms with Crippen molar-refractivity contribution < 1.29 is 14.6 Å². The van der Waals surface area contributed by atoms with Crippen LogP contribution in [0, 0.1) is 0 Å². The number of hydrogen-bond donors (Lipinski definition) is 1. The lowest BCUT2D eigenvalue weighted by Crippen LogP contribution is -1.95. The van der Waals surface area contributed by atoms with Crippen molar-refractivity contribution in [3.05, 3.63) is 65.7 Å². The van der Waals surface area contributed by atoms with Crippen molar-refractivity contribution in [3.8, 4) is 11.5 Å². The van der Waals surface area contributed by atoms with Crippen molar-refractivity contribution in [1.29, 1.82) is 0 Å². The van der Waals surface area contributed by atoms with Crippen LogP contribution in [0.4, 0.5) is 0 Å². The summed E-state index contributed by atoms with van der Waals surface area (Å²) < 4.78 is 5.65. The average Bonchev–Trinajstić information content (AvgIpc) is 2.42. The first-order chi connectivity index (χ1) is 9.15. The van der Waals surface area contributed by atoms with E-state index in [0.29, 0.717) is 5.57 Å². The Morgan fingerprint density at radius 3 is 2.16 bits per heavy atom.